The summed E-state index contributed by atoms with van der Waals surface area (Å²) < 4.78 is 0. The number of anilines is 2. The van der Waals surface area contributed by atoms with Crippen LogP contribution in [0.15, 0.2) is 42.6 Å². The molecule has 1 aromatic heterocycles. The highest BCUT2D eigenvalue weighted by Crippen LogP contribution is 2.28. The first-order chi connectivity index (χ1) is 8.16. The molecule has 1 heterocycles. The maximum absolute atomic E-state index is 10.8. The zero-order valence-corrected chi connectivity index (χ0v) is 9.39. The number of para-hydroxylation sites is 1. The Labute approximate surface area is 102 Å². The van der Waals surface area contributed by atoms with Gasteiger partial charge in [-0.3, -0.25) is 10.1 Å². The van der Waals surface area contributed by atoms with Gasteiger partial charge in [-0.05, 0) is 12.1 Å². The Bertz CT molecular complexity index is 546. The lowest BCUT2D eigenvalue weighted by atomic mass is 10.3. The molecule has 0 aliphatic carbocycles. The molecule has 2 aromatic rings. The zero-order chi connectivity index (χ0) is 12.3. The van der Waals surface area contributed by atoms with E-state index >= 15 is 0 Å². The normalized spacial score (nSPS) is 9.94. The molecule has 0 saturated carbocycles. The van der Waals surface area contributed by atoms with Crippen LogP contribution in [0.1, 0.15) is 0 Å². The number of nitro groups is 1. The number of hydrogen-bond acceptors (Lipinski definition) is 4. The number of pyridine rings is 1. The molecular weight excluding hydrogens is 242 g/mol. The molecule has 17 heavy (non-hydrogen) atoms. The Morgan fingerprint density at radius 3 is 2.65 bits per heavy atom. The highest BCUT2D eigenvalue weighted by Gasteiger charge is 2.14. The van der Waals surface area contributed by atoms with E-state index in [9.17, 15) is 10.1 Å². The van der Waals surface area contributed by atoms with Gasteiger partial charge in [-0.2, -0.15) is 0 Å². The Balaban J connectivity index is 2.37. The van der Waals surface area contributed by atoms with Crippen LogP contribution in [0.5, 0.6) is 0 Å². The highest BCUT2D eigenvalue weighted by atomic mass is 35.5. The van der Waals surface area contributed by atoms with Gasteiger partial charge < -0.3 is 5.32 Å². The molecule has 1 N–H and O–H groups in total. The third-order valence-electron chi connectivity index (χ3n) is 2.10. The summed E-state index contributed by atoms with van der Waals surface area (Å²) in [6.45, 7) is 0. The van der Waals surface area contributed by atoms with Gasteiger partial charge in [0.25, 0.3) is 0 Å². The van der Waals surface area contributed by atoms with E-state index in [4.69, 9.17) is 11.6 Å². The van der Waals surface area contributed by atoms with Crippen LogP contribution in [0.2, 0.25) is 5.15 Å². The molecule has 6 heteroatoms. The van der Waals surface area contributed by atoms with Crippen molar-refractivity contribution in [3.05, 3.63) is 57.9 Å². The zero-order valence-electron chi connectivity index (χ0n) is 8.63. The molecule has 0 spiro atoms. The molecule has 1 aromatic carbocycles. The van der Waals surface area contributed by atoms with Crippen molar-refractivity contribution in [2.24, 2.45) is 0 Å². The standard InChI is InChI=1S/C11H8ClN3O2/c12-11-6-9(10(7-13-11)15(16)17)14-8-4-2-1-3-5-8/h1-7H,(H,13,14). The highest BCUT2D eigenvalue weighted by molar-refractivity contribution is 6.29. The second-order valence-corrected chi connectivity index (χ2v) is 3.66. The van der Waals surface area contributed by atoms with E-state index in [1.165, 1.54) is 6.07 Å². The van der Waals surface area contributed by atoms with Crippen molar-refractivity contribution >= 4 is 28.7 Å². The summed E-state index contributed by atoms with van der Waals surface area (Å²) in [6.07, 6.45) is 1.13. The maximum Gasteiger partial charge on any atom is 0.310 e. The summed E-state index contributed by atoms with van der Waals surface area (Å²) in [5, 5.41) is 13.9. The molecule has 0 fully saturated rings. The molecule has 0 amide bonds. The maximum atomic E-state index is 10.8. The molecule has 0 unspecified atom stereocenters. The number of hydrogen-bond donors (Lipinski definition) is 1. The molecule has 0 aliphatic heterocycles. The molecule has 5 nitrogen and oxygen atoms in total. The monoisotopic (exact) mass is 249 g/mol. The van der Waals surface area contributed by atoms with Crippen molar-refractivity contribution in [2.45, 2.75) is 0 Å². The second-order valence-electron chi connectivity index (χ2n) is 3.27. The number of nitrogens with zero attached hydrogens (tertiary/aromatic N) is 2. The summed E-state index contributed by atoms with van der Waals surface area (Å²) in [4.78, 5) is 14.0. The largest absolute Gasteiger partial charge is 0.350 e. The van der Waals surface area contributed by atoms with Crippen LogP contribution in [0.3, 0.4) is 0 Å². The third-order valence-corrected chi connectivity index (χ3v) is 2.31. The van der Waals surface area contributed by atoms with Crippen LogP contribution in [0.25, 0.3) is 0 Å². The number of rotatable bonds is 3. The summed E-state index contributed by atoms with van der Waals surface area (Å²) in [6, 6.07) is 10.6. The predicted molar refractivity (Wildman–Crippen MR) is 65.6 cm³/mol. The Kier molecular flexibility index (Phi) is 3.20. The average Bonchev–Trinajstić information content (AvgIpc) is 2.30. The fourth-order valence-corrected chi connectivity index (χ4v) is 1.50. The molecular formula is C11H8ClN3O2. The summed E-state index contributed by atoms with van der Waals surface area (Å²) >= 11 is 5.71. The Hall–Kier alpha value is -2.14. The Morgan fingerprint density at radius 1 is 1.29 bits per heavy atom. The average molecular weight is 250 g/mol. The van der Waals surface area contributed by atoms with Crippen molar-refractivity contribution in [3.8, 4) is 0 Å². The van der Waals surface area contributed by atoms with Gasteiger partial charge in [0.15, 0.2) is 0 Å². The van der Waals surface area contributed by atoms with Crippen LogP contribution < -0.4 is 5.32 Å². The smallest absolute Gasteiger partial charge is 0.310 e. The van der Waals surface area contributed by atoms with Crippen molar-refractivity contribution in [3.63, 3.8) is 0 Å². The van der Waals surface area contributed by atoms with Crippen molar-refractivity contribution in [1.82, 2.24) is 4.98 Å². The van der Waals surface area contributed by atoms with Gasteiger partial charge in [-0.15, -0.1) is 0 Å². The van der Waals surface area contributed by atoms with E-state index < -0.39 is 4.92 Å². The van der Waals surface area contributed by atoms with Crippen LogP contribution in [0, 0.1) is 10.1 Å². The predicted octanol–water partition coefficient (Wildman–Crippen LogP) is 3.39. The van der Waals surface area contributed by atoms with Gasteiger partial charge >= 0.3 is 5.69 Å². The minimum Gasteiger partial charge on any atom is -0.350 e. The lowest BCUT2D eigenvalue weighted by Crippen LogP contribution is -1.97. The Morgan fingerprint density at radius 2 is 2.00 bits per heavy atom. The summed E-state index contributed by atoms with van der Waals surface area (Å²) in [5.74, 6) is 0. The quantitative estimate of drug-likeness (QED) is 0.514. The first-order valence-electron chi connectivity index (χ1n) is 4.79. The summed E-state index contributed by atoms with van der Waals surface area (Å²) in [5.41, 5.74) is 0.956. The third kappa shape index (κ3) is 2.70. The topological polar surface area (TPSA) is 68.1 Å². The van der Waals surface area contributed by atoms with Gasteiger partial charge in [0.1, 0.15) is 17.0 Å². The minimum absolute atomic E-state index is 0.113. The van der Waals surface area contributed by atoms with Crippen LogP contribution in [-0.2, 0) is 0 Å². The summed E-state index contributed by atoms with van der Waals surface area (Å²) in [7, 11) is 0. The molecule has 0 bridgehead atoms. The molecule has 0 atom stereocenters. The molecule has 0 radical (unpaired) electrons. The van der Waals surface area contributed by atoms with Crippen molar-refractivity contribution in [2.75, 3.05) is 5.32 Å². The minimum atomic E-state index is -0.505. The van der Waals surface area contributed by atoms with Crippen LogP contribution >= 0.6 is 11.6 Å². The van der Waals surface area contributed by atoms with Gasteiger partial charge in [0.05, 0.1) is 4.92 Å². The van der Waals surface area contributed by atoms with E-state index in [-0.39, 0.29) is 10.8 Å². The van der Waals surface area contributed by atoms with Gasteiger partial charge in [-0.25, -0.2) is 4.98 Å². The lowest BCUT2D eigenvalue weighted by Gasteiger charge is -2.06. The second kappa shape index (κ2) is 4.80. The fraction of sp³-hybridized carbons (Fsp3) is 0. The van der Waals surface area contributed by atoms with Gasteiger partial charge in [-0.1, -0.05) is 29.8 Å². The van der Waals surface area contributed by atoms with Gasteiger partial charge in [0.2, 0.25) is 0 Å². The van der Waals surface area contributed by atoms with Crippen LogP contribution in [0.4, 0.5) is 17.1 Å². The van der Waals surface area contributed by atoms with E-state index in [0.29, 0.717) is 5.69 Å². The molecule has 0 saturated heterocycles. The number of benzene rings is 1. The SMILES string of the molecule is O=[N+]([O-])c1cnc(Cl)cc1Nc1ccccc1. The lowest BCUT2D eigenvalue weighted by molar-refractivity contribution is -0.384. The van der Waals surface area contributed by atoms with E-state index in [1.54, 1.807) is 12.1 Å². The number of nitrogens with one attached hydrogen (secondary N) is 1. The fourth-order valence-electron chi connectivity index (χ4n) is 1.35. The van der Waals surface area contributed by atoms with Crippen molar-refractivity contribution in [1.29, 1.82) is 0 Å². The van der Waals surface area contributed by atoms with E-state index in [1.807, 2.05) is 18.2 Å². The number of aromatic nitrogens is 1. The first kappa shape index (κ1) is 11.3. The van der Waals surface area contributed by atoms with E-state index in [2.05, 4.69) is 10.3 Å². The van der Waals surface area contributed by atoms with Gasteiger partial charge in [0, 0.05) is 11.8 Å². The van der Waals surface area contributed by atoms with E-state index in [0.717, 1.165) is 11.9 Å². The van der Waals surface area contributed by atoms with Crippen LogP contribution in [-0.4, -0.2) is 9.91 Å². The first-order valence-corrected chi connectivity index (χ1v) is 5.16. The van der Waals surface area contributed by atoms with Crippen molar-refractivity contribution < 1.29 is 4.92 Å². The number of halogens is 1. The molecule has 86 valence electrons. The molecule has 2 rings (SSSR count). The molecule has 0 aliphatic rings.